The Hall–Kier alpha value is -0.800. The molecule has 7 fully saturated rings. The lowest BCUT2D eigenvalue weighted by Gasteiger charge is -2.65. The molecule has 10 atom stereocenters. The van der Waals surface area contributed by atoms with Crippen LogP contribution in [-0.2, 0) is 4.74 Å². The van der Waals surface area contributed by atoms with Gasteiger partial charge in [-0.05, 0) is 80.1 Å². The topological polar surface area (TPSA) is 49.7 Å². The molecule has 7 saturated carbocycles. The molecule has 3 heteroatoms. The Morgan fingerprint density at radius 3 is 2.79 bits per heavy atom. The normalized spacial score (nSPS) is 65.1. The first-order valence-corrected chi connectivity index (χ1v) is 9.85. The third-order valence-corrected chi connectivity index (χ3v) is 9.39. The second-order valence-electron chi connectivity index (χ2n) is 9.82. The highest BCUT2D eigenvalue weighted by atomic mass is 16.5. The summed E-state index contributed by atoms with van der Waals surface area (Å²) < 4.78 is 6.23. The monoisotopic (exact) mass is 328 g/mol. The van der Waals surface area contributed by atoms with Gasteiger partial charge < -0.3 is 14.9 Å². The molecule has 2 bridgehead atoms. The minimum absolute atomic E-state index is 0.0307. The van der Waals surface area contributed by atoms with Gasteiger partial charge in [-0.3, -0.25) is 0 Å². The molecule has 3 nitrogen and oxygen atoms in total. The Kier molecular flexibility index (Phi) is 2.37. The van der Waals surface area contributed by atoms with E-state index in [-0.39, 0.29) is 23.0 Å². The smallest absolute Gasteiger partial charge is 0.115 e. The lowest BCUT2D eigenvalue weighted by molar-refractivity contribution is -0.211. The van der Waals surface area contributed by atoms with E-state index in [2.05, 4.69) is 13.2 Å². The van der Waals surface area contributed by atoms with E-state index < -0.39 is 5.60 Å². The maximum atomic E-state index is 11.2. The van der Waals surface area contributed by atoms with Crippen LogP contribution >= 0.6 is 0 Å². The summed E-state index contributed by atoms with van der Waals surface area (Å²) in [6.45, 7) is 8.02. The van der Waals surface area contributed by atoms with Gasteiger partial charge in [0.1, 0.15) is 5.60 Å². The molecular formula is C21H28O3. The number of aliphatic hydroxyl groups is 2. The molecule has 2 N–H and O–H groups in total. The van der Waals surface area contributed by atoms with Gasteiger partial charge in [-0.2, -0.15) is 0 Å². The summed E-state index contributed by atoms with van der Waals surface area (Å²) in [6.07, 6.45) is 8.90. The Bertz CT molecular complexity index is 657. The molecule has 0 aliphatic heterocycles. The summed E-state index contributed by atoms with van der Waals surface area (Å²) in [6, 6.07) is 0. The maximum absolute atomic E-state index is 11.2. The molecule has 0 heterocycles. The van der Waals surface area contributed by atoms with Crippen molar-refractivity contribution in [1.82, 2.24) is 0 Å². The molecule has 7 aliphatic carbocycles. The first-order chi connectivity index (χ1) is 11.5. The fraction of sp³-hybridized carbons (Fsp3) is 0.810. The van der Waals surface area contributed by atoms with Crippen LogP contribution in [0.1, 0.15) is 44.9 Å². The van der Waals surface area contributed by atoms with E-state index in [0.717, 1.165) is 49.5 Å². The van der Waals surface area contributed by atoms with Crippen molar-refractivity contribution in [3.8, 4) is 0 Å². The average molecular weight is 328 g/mol. The van der Waals surface area contributed by atoms with Crippen LogP contribution in [-0.4, -0.2) is 27.5 Å². The van der Waals surface area contributed by atoms with Crippen molar-refractivity contribution in [2.75, 3.05) is 0 Å². The average Bonchev–Trinajstić information content (AvgIpc) is 3.43. The zero-order valence-electron chi connectivity index (χ0n) is 14.3. The van der Waals surface area contributed by atoms with Gasteiger partial charge in [0.05, 0.1) is 18.0 Å². The molecule has 0 amide bonds. The van der Waals surface area contributed by atoms with Gasteiger partial charge in [0.2, 0.25) is 0 Å². The number of fused-ring (bicyclic) bond motifs is 2. The summed E-state index contributed by atoms with van der Waals surface area (Å²) in [5.41, 5.74) is 0.294. The molecule has 0 aromatic rings. The largest absolute Gasteiger partial charge is 0.495 e. The summed E-state index contributed by atoms with van der Waals surface area (Å²) in [5, 5.41) is 22.3. The molecule has 5 unspecified atom stereocenters. The van der Waals surface area contributed by atoms with Crippen molar-refractivity contribution in [3.05, 3.63) is 25.0 Å². The molecule has 7 aliphatic rings. The Morgan fingerprint density at radius 1 is 1.21 bits per heavy atom. The van der Waals surface area contributed by atoms with Gasteiger partial charge in [0, 0.05) is 11.3 Å². The van der Waals surface area contributed by atoms with Crippen LogP contribution in [0.25, 0.3) is 0 Å². The van der Waals surface area contributed by atoms with E-state index >= 15 is 0 Å². The molecule has 0 saturated heterocycles. The van der Waals surface area contributed by atoms with E-state index in [0.29, 0.717) is 17.8 Å². The van der Waals surface area contributed by atoms with E-state index in [4.69, 9.17) is 4.74 Å². The van der Waals surface area contributed by atoms with Crippen LogP contribution < -0.4 is 0 Å². The number of ether oxygens (including phenoxy) is 1. The Morgan fingerprint density at radius 2 is 2.04 bits per heavy atom. The summed E-state index contributed by atoms with van der Waals surface area (Å²) in [4.78, 5) is 0. The van der Waals surface area contributed by atoms with E-state index in [1.807, 2.05) is 0 Å². The second-order valence-corrected chi connectivity index (χ2v) is 9.82. The minimum Gasteiger partial charge on any atom is -0.495 e. The second kappa shape index (κ2) is 3.96. The lowest BCUT2D eigenvalue weighted by atomic mass is 9.42. The van der Waals surface area contributed by atoms with Gasteiger partial charge in [0.15, 0.2) is 0 Å². The molecule has 1 spiro atoms. The third-order valence-electron chi connectivity index (χ3n) is 9.39. The van der Waals surface area contributed by atoms with Crippen LogP contribution in [0.5, 0.6) is 0 Å². The molecule has 0 aromatic carbocycles. The zero-order valence-corrected chi connectivity index (χ0v) is 14.3. The first kappa shape index (κ1) is 14.4. The number of rotatable bonds is 2. The van der Waals surface area contributed by atoms with Crippen molar-refractivity contribution in [2.24, 2.45) is 40.9 Å². The minimum atomic E-state index is -0.815. The van der Waals surface area contributed by atoms with Crippen LogP contribution in [0.4, 0.5) is 0 Å². The molecule has 7 rings (SSSR count). The summed E-state index contributed by atoms with van der Waals surface area (Å²) >= 11 is 0. The fourth-order valence-corrected chi connectivity index (χ4v) is 8.35. The van der Waals surface area contributed by atoms with Crippen LogP contribution in [0, 0.1) is 40.9 Å². The third kappa shape index (κ3) is 1.31. The number of hydrogen-bond donors (Lipinski definition) is 2. The molecule has 24 heavy (non-hydrogen) atoms. The number of hydrogen-bond acceptors (Lipinski definition) is 3. The molecular weight excluding hydrogens is 300 g/mol. The highest BCUT2D eigenvalue weighted by molar-refractivity contribution is 5.39. The Balaban J connectivity index is 1.47. The van der Waals surface area contributed by atoms with Crippen molar-refractivity contribution in [1.29, 1.82) is 0 Å². The van der Waals surface area contributed by atoms with E-state index in [9.17, 15) is 10.2 Å². The van der Waals surface area contributed by atoms with Crippen LogP contribution in [0.2, 0.25) is 0 Å². The first-order valence-electron chi connectivity index (χ1n) is 9.85. The molecule has 130 valence electrons. The Labute approximate surface area is 143 Å². The SMILES string of the molecule is C=CO[C@@]12CCC3C[C@@H]3C3C[C@@H](O)C4C(CC5C[C@@]4(O)C5=C)[C@@]31C2. The predicted octanol–water partition coefficient (Wildman–Crippen LogP) is 3.03. The van der Waals surface area contributed by atoms with Crippen molar-refractivity contribution >= 4 is 0 Å². The van der Waals surface area contributed by atoms with Gasteiger partial charge in [-0.25, -0.2) is 0 Å². The van der Waals surface area contributed by atoms with Crippen molar-refractivity contribution in [3.63, 3.8) is 0 Å². The maximum Gasteiger partial charge on any atom is 0.115 e. The van der Waals surface area contributed by atoms with E-state index in [1.54, 1.807) is 6.26 Å². The summed E-state index contributed by atoms with van der Waals surface area (Å²) in [5.74, 6) is 3.03. The van der Waals surface area contributed by atoms with Crippen LogP contribution in [0.3, 0.4) is 0 Å². The fourth-order valence-electron chi connectivity index (χ4n) is 8.35. The van der Waals surface area contributed by atoms with Gasteiger partial charge >= 0.3 is 0 Å². The zero-order chi connectivity index (χ0) is 16.5. The quantitative estimate of drug-likeness (QED) is 0.605. The van der Waals surface area contributed by atoms with Crippen molar-refractivity contribution < 1.29 is 14.9 Å². The molecule has 0 aromatic heterocycles. The lowest BCUT2D eigenvalue weighted by Crippen LogP contribution is -2.67. The van der Waals surface area contributed by atoms with Gasteiger partial charge in [0.25, 0.3) is 0 Å². The predicted molar refractivity (Wildman–Crippen MR) is 89.8 cm³/mol. The highest BCUT2D eigenvalue weighted by Crippen LogP contribution is 2.82. The van der Waals surface area contributed by atoms with Gasteiger partial charge in [-0.1, -0.05) is 13.2 Å². The highest BCUT2D eigenvalue weighted by Gasteiger charge is 2.83. The molecule has 0 radical (unpaired) electrons. The summed E-state index contributed by atoms with van der Waals surface area (Å²) in [7, 11) is 0. The van der Waals surface area contributed by atoms with Crippen LogP contribution in [0.15, 0.2) is 25.0 Å². The van der Waals surface area contributed by atoms with Gasteiger partial charge in [-0.15, -0.1) is 0 Å². The van der Waals surface area contributed by atoms with E-state index in [1.165, 1.54) is 12.8 Å². The van der Waals surface area contributed by atoms with Crippen molar-refractivity contribution in [2.45, 2.75) is 62.3 Å². The number of aliphatic hydroxyl groups excluding tert-OH is 1. The standard InChI is InChI=1S/C21H28O3/c1-3-24-19-5-4-12-6-14(12)15-8-17(22)18-16(20(15,19)10-19)7-13-9-21(18,23)11(13)2/h3,12-18,22-23H,1-2,4-10H2/t12?,13?,14-,15?,16?,17+,18?,19+,20+,21+/m0/s1.